The van der Waals surface area contributed by atoms with E-state index in [0.29, 0.717) is 6.54 Å². The summed E-state index contributed by atoms with van der Waals surface area (Å²) in [5, 5.41) is 3.07. The minimum atomic E-state index is 0.0518. The lowest BCUT2D eigenvalue weighted by Crippen LogP contribution is -2.33. The number of carbonyl (C=O) groups is 2. The van der Waals surface area contributed by atoms with Crippen LogP contribution >= 0.6 is 0 Å². The average Bonchev–Trinajstić information content (AvgIpc) is 3.26. The molecule has 1 atom stereocenters. The lowest BCUT2D eigenvalue weighted by molar-refractivity contribution is -0.125. The van der Waals surface area contributed by atoms with Crippen LogP contribution in [-0.2, 0) is 24.2 Å². The summed E-state index contributed by atoms with van der Waals surface area (Å²) in [6.07, 6.45) is 4.90. The van der Waals surface area contributed by atoms with Crippen LogP contribution in [0.1, 0.15) is 46.3 Å². The Labute approximate surface area is 160 Å². The summed E-state index contributed by atoms with van der Waals surface area (Å²) in [5.74, 6) is 0.293. The van der Waals surface area contributed by atoms with Crippen LogP contribution in [0.15, 0.2) is 48.5 Å². The monoisotopic (exact) mass is 362 g/mol. The van der Waals surface area contributed by atoms with Crippen molar-refractivity contribution in [3.05, 3.63) is 70.8 Å². The standard InChI is InChI=1S/C23H26N2O2/c26-22(21-12-11-18-5-1-2-6-20(18)15-21)24-16-17-7-9-19(10-8-17)23(27)25-13-3-4-14-25/h1-2,5-10,21H,3-4,11-16H2,(H,24,26)/t21-/m0/s1. The van der Waals surface area contributed by atoms with Gasteiger partial charge in [0, 0.05) is 31.1 Å². The summed E-state index contributed by atoms with van der Waals surface area (Å²) in [4.78, 5) is 26.9. The van der Waals surface area contributed by atoms with Crippen molar-refractivity contribution < 1.29 is 9.59 Å². The largest absolute Gasteiger partial charge is 0.352 e. The highest BCUT2D eigenvalue weighted by atomic mass is 16.2. The molecule has 0 unspecified atom stereocenters. The Hall–Kier alpha value is -2.62. The number of fused-ring (bicyclic) bond motifs is 1. The SMILES string of the molecule is O=C(NCc1ccc(C(=O)N2CCCC2)cc1)[C@H]1CCc2ccccc2C1. The molecule has 0 spiro atoms. The van der Waals surface area contributed by atoms with E-state index in [1.807, 2.05) is 35.2 Å². The summed E-state index contributed by atoms with van der Waals surface area (Å²) in [6.45, 7) is 2.23. The molecular weight excluding hydrogens is 336 g/mol. The Morgan fingerprint density at radius 2 is 1.67 bits per heavy atom. The maximum Gasteiger partial charge on any atom is 0.253 e. The quantitative estimate of drug-likeness (QED) is 0.907. The molecule has 2 amide bonds. The van der Waals surface area contributed by atoms with Crippen molar-refractivity contribution in [2.24, 2.45) is 5.92 Å². The summed E-state index contributed by atoms with van der Waals surface area (Å²) in [7, 11) is 0. The summed E-state index contributed by atoms with van der Waals surface area (Å²) in [5.41, 5.74) is 4.43. The molecular formula is C23H26N2O2. The third-order valence-corrected chi connectivity index (χ3v) is 5.78. The molecule has 2 aromatic carbocycles. The molecule has 2 aliphatic rings. The van der Waals surface area contributed by atoms with Gasteiger partial charge in [-0.3, -0.25) is 9.59 Å². The van der Waals surface area contributed by atoms with E-state index in [1.165, 1.54) is 11.1 Å². The van der Waals surface area contributed by atoms with Crippen molar-refractivity contribution in [2.45, 2.75) is 38.6 Å². The van der Waals surface area contributed by atoms with Crippen LogP contribution in [0.3, 0.4) is 0 Å². The molecule has 1 heterocycles. The molecule has 1 N–H and O–H groups in total. The fourth-order valence-corrected chi connectivity index (χ4v) is 4.12. The topological polar surface area (TPSA) is 49.4 Å². The zero-order valence-corrected chi connectivity index (χ0v) is 15.6. The fourth-order valence-electron chi connectivity index (χ4n) is 4.12. The van der Waals surface area contributed by atoms with E-state index in [2.05, 4.69) is 23.5 Å². The van der Waals surface area contributed by atoms with E-state index in [4.69, 9.17) is 0 Å². The molecule has 4 nitrogen and oxygen atoms in total. The molecule has 2 aromatic rings. The summed E-state index contributed by atoms with van der Waals surface area (Å²) >= 11 is 0. The minimum Gasteiger partial charge on any atom is -0.352 e. The smallest absolute Gasteiger partial charge is 0.253 e. The fraction of sp³-hybridized carbons (Fsp3) is 0.391. The Balaban J connectivity index is 1.31. The van der Waals surface area contributed by atoms with Crippen LogP contribution in [-0.4, -0.2) is 29.8 Å². The third-order valence-electron chi connectivity index (χ3n) is 5.78. The van der Waals surface area contributed by atoms with Crippen molar-refractivity contribution >= 4 is 11.8 Å². The molecule has 4 heteroatoms. The number of benzene rings is 2. The van der Waals surface area contributed by atoms with Crippen LogP contribution in [0.5, 0.6) is 0 Å². The summed E-state index contributed by atoms with van der Waals surface area (Å²) in [6, 6.07) is 16.0. The predicted octanol–water partition coefficient (Wildman–Crippen LogP) is 3.34. The van der Waals surface area contributed by atoms with E-state index in [9.17, 15) is 9.59 Å². The molecule has 0 radical (unpaired) electrons. The number of rotatable bonds is 4. The molecule has 0 aromatic heterocycles. The molecule has 4 rings (SSSR count). The first kappa shape index (κ1) is 17.8. The molecule has 0 bridgehead atoms. The van der Waals surface area contributed by atoms with E-state index in [-0.39, 0.29) is 17.7 Å². The number of carbonyl (C=O) groups excluding carboxylic acids is 2. The van der Waals surface area contributed by atoms with Crippen molar-refractivity contribution in [1.29, 1.82) is 0 Å². The number of amides is 2. The number of hydrogen-bond acceptors (Lipinski definition) is 2. The number of aryl methyl sites for hydroxylation is 1. The average molecular weight is 362 g/mol. The molecule has 0 saturated carbocycles. The van der Waals surface area contributed by atoms with Gasteiger partial charge in [0.05, 0.1) is 0 Å². The molecule has 1 fully saturated rings. The molecule has 1 aliphatic heterocycles. The second-order valence-electron chi connectivity index (χ2n) is 7.62. The van der Waals surface area contributed by atoms with Gasteiger partial charge in [-0.25, -0.2) is 0 Å². The van der Waals surface area contributed by atoms with Crippen LogP contribution in [0, 0.1) is 5.92 Å². The first-order valence-corrected chi connectivity index (χ1v) is 9.93. The van der Waals surface area contributed by atoms with Crippen molar-refractivity contribution in [3.8, 4) is 0 Å². The minimum absolute atomic E-state index is 0.0518. The maximum atomic E-state index is 12.6. The van der Waals surface area contributed by atoms with Crippen LogP contribution in [0.25, 0.3) is 0 Å². The van der Waals surface area contributed by atoms with E-state index >= 15 is 0 Å². The van der Waals surface area contributed by atoms with E-state index < -0.39 is 0 Å². The molecule has 1 aliphatic carbocycles. The van der Waals surface area contributed by atoms with Gasteiger partial charge in [-0.1, -0.05) is 36.4 Å². The lowest BCUT2D eigenvalue weighted by atomic mass is 9.83. The lowest BCUT2D eigenvalue weighted by Gasteiger charge is -2.23. The second kappa shape index (κ2) is 7.95. The van der Waals surface area contributed by atoms with Crippen molar-refractivity contribution in [2.75, 3.05) is 13.1 Å². The van der Waals surface area contributed by atoms with E-state index in [1.54, 1.807) is 0 Å². The Morgan fingerprint density at radius 1 is 0.963 bits per heavy atom. The van der Waals surface area contributed by atoms with Crippen LogP contribution in [0.4, 0.5) is 0 Å². The van der Waals surface area contributed by atoms with Gasteiger partial charge in [-0.15, -0.1) is 0 Å². The van der Waals surface area contributed by atoms with Gasteiger partial charge in [0.25, 0.3) is 5.91 Å². The van der Waals surface area contributed by atoms with Crippen LogP contribution in [0.2, 0.25) is 0 Å². The Kier molecular flexibility index (Phi) is 5.23. The van der Waals surface area contributed by atoms with Gasteiger partial charge in [-0.05, 0) is 60.9 Å². The second-order valence-corrected chi connectivity index (χ2v) is 7.62. The Bertz CT molecular complexity index is 823. The van der Waals surface area contributed by atoms with Gasteiger partial charge in [-0.2, -0.15) is 0 Å². The number of hydrogen-bond donors (Lipinski definition) is 1. The third kappa shape index (κ3) is 4.05. The summed E-state index contributed by atoms with van der Waals surface area (Å²) < 4.78 is 0. The zero-order chi connectivity index (χ0) is 18.6. The number of nitrogens with zero attached hydrogens (tertiary/aromatic N) is 1. The predicted molar refractivity (Wildman–Crippen MR) is 105 cm³/mol. The van der Waals surface area contributed by atoms with Gasteiger partial charge in [0.15, 0.2) is 0 Å². The first-order valence-electron chi connectivity index (χ1n) is 9.93. The zero-order valence-electron chi connectivity index (χ0n) is 15.6. The molecule has 27 heavy (non-hydrogen) atoms. The number of nitrogens with one attached hydrogen (secondary N) is 1. The normalized spacial score (nSPS) is 18.8. The van der Waals surface area contributed by atoms with Gasteiger partial charge in [0.2, 0.25) is 5.91 Å². The van der Waals surface area contributed by atoms with E-state index in [0.717, 1.165) is 56.3 Å². The highest BCUT2D eigenvalue weighted by Gasteiger charge is 2.24. The maximum absolute atomic E-state index is 12.6. The first-order chi connectivity index (χ1) is 13.2. The van der Waals surface area contributed by atoms with Crippen molar-refractivity contribution in [3.63, 3.8) is 0 Å². The molecule has 1 saturated heterocycles. The van der Waals surface area contributed by atoms with Gasteiger partial charge in [0.1, 0.15) is 0 Å². The van der Waals surface area contributed by atoms with Crippen LogP contribution < -0.4 is 5.32 Å². The number of likely N-dealkylation sites (tertiary alicyclic amines) is 1. The highest BCUT2D eigenvalue weighted by molar-refractivity contribution is 5.94. The Morgan fingerprint density at radius 3 is 2.41 bits per heavy atom. The molecule has 140 valence electrons. The van der Waals surface area contributed by atoms with Crippen molar-refractivity contribution in [1.82, 2.24) is 10.2 Å². The highest BCUT2D eigenvalue weighted by Crippen LogP contribution is 2.25. The van der Waals surface area contributed by atoms with Gasteiger partial charge < -0.3 is 10.2 Å². The van der Waals surface area contributed by atoms with Gasteiger partial charge >= 0.3 is 0 Å².